The van der Waals surface area contributed by atoms with Crippen LogP contribution in [-0.4, -0.2) is 12.0 Å². The van der Waals surface area contributed by atoms with Crippen LogP contribution in [0.4, 0.5) is 0 Å². The zero-order valence-corrected chi connectivity index (χ0v) is 21.8. The molecule has 2 heterocycles. The Morgan fingerprint density at radius 2 is 1.28 bits per heavy atom. The molecule has 3 N–H and O–H groups in total. The molecule has 4 unspecified atom stereocenters. The van der Waals surface area contributed by atoms with Crippen LogP contribution in [0.3, 0.4) is 0 Å². The fourth-order valence-corrected chi connectivity index (χ4v) is 5.70. The van der Waals surface area contributed by atoms with Crippen molar-refractivity contribution < 1.29 is 0 Å². The van der Waals surface area contributed by atoms with E-state index in [0.29, 0.717) is 12.1 Å². The van der Waals surface area contributed by atoms with Crippen LogP contribution >= 0.6 is 0 Å². The van der Waals surface area contributed by atoms with E-state index in [0.717, 1.165) is 24.2 Å². The smallest absolute Gasteiger partial charge is 0.131 e. The summed E-state index contributed by atoms with van der Waals surface area (Å²) >= 11 is 0. The molecule has 0 spiro atoms. The molecule has 4 aromatic rings. The minimum Gasteiger partial charge on any atom is -0.350 e. The van der Waals surface area contributed by atoms with E-state index in [1.165, 1.54) is 33.4 Å². The van der Waals surface area contributed by atoms with E-state index in [4.69, 9.17) is 4.99 Å². The summed E-state index contributed by atoms with van der Waals surface area (Å²) in [6, 6.07) is 39.7. The summed E-state index contributed by atoms with van der Waals surface area (Å²) in [5.74, 6) is 0.925. The Morgan fingerprint density at radius 3 is 2.05 bits per heavy atom. The summed E-state index contributed by atoms with van der Waals surface area (Å²) in [7, 11) is 0. The highest BCUT2D eigenvalue weighted by Crippen LogP contribution is 2.43. The van der Waals surface area contributed by atoms with Crippen LogP contribution in [0.15, 0.2) is 138 Å². The summed E-state index contributed by atoms with van der Waals surface area (Å²) in [5.41, 5.74) is 8.72. The molecule has 4 nitrogen and oxygen atoms in total. The van der Waals surface area contributed by atoms with E-state index in [9.17, 15) is 0 Å². The third-order valence-electron chi connectivity index (χ3n) is 7.85. The van der Waals surface area contributed by atoms with Gasteiger partial charge in [0, 0.05) is 5.56 Å². The first-order valence-corrected chi connectivity index (χ1v) is 13.8. The average molecular weight is 509 g/mol. The van der Waals surface area contributed by atoms with Crippen LogP contribution in [0.25, 0.3) is 11.1 Å². The summed E-state index contributed by atoms with van der Waals surface area (Å²) in [4.78, 5) is 5.17. The van der Waals surface area contributed by atoms with Crippen molar-refractivity contribution >= 4 is 5.84 Å². The van der Waals surface area contributed by atoms with Crippen molar-refractivity contribution in [2.24, 2.45) is 4.99 Å². The molecule has 0 bridgehead atoms. The SMILES string of the molecule is C1=CCCC(C2N=C(c3cccc(-c4cccc(C5NC5c5ccccc5)c4)c3)NC(c3ccccc3)N2)=C1. The standard InChI is InChI=1S/C35H32N4/c1-4-12-24(13-5-1)31-32(36-31)29-20-10-18-27(22-29)28-19-11-21-30(23-28)35-38-33(25-14-6-2-7-15-25)37-34(39-35)26-16-8-3-9-17-26/h1-8,10-16,18-23,31-34,36-37H,9,17H2,(H,38,39). The third-order valence-corrected chi connectivity index (χ3v) is 7.85. The van der Waals surface area contributed by atoms with Gasteiger partial charge in [-0.15, -0.1) is 0 Å². The molecule has 0 radical (unpaired) electrons. The highest BCUT2D eigenvalue weighted by atomic mass is 15.3. The van der Waals surface area contributed by atoms with E-state index >= 15 is 0 Å². The lowest BCUT2D eigenvalue weighted by molar-refractivity contribution is 0.425. The minimum atomic E-state index is -0.0562. The monoisotopic (exact) mass is 508 g/mol. The number of amidine groups is 1. The Labute approximate surface area is 230 Å². The molecule has 0 saturated carbocycles. The van der Waals surface area contributed by atoms with Gasteiger partial charge in [-0.3, -0.25) is 10.6 Å². The lowest BCUT2D eigenvalue weighted by atomic mass is 9.97. The number of allylic oxidation sites excluding steroid dienone is 3. The number of hydrogen-bond donors (Lipinski definition) is 3. The van der Waals surface area contributed by atoms with Gasteiger partial charge in [0.1, 0.15) is 18.2 Å². The Hall–Kier alpha value is -4.25. The predicted molar refractivity (Wildman–Crippen MR) is 159 cm³/mol. The topological polar surface area (TPSA) is 58.4 Å². The Balaban J connectivity index is 1.18. The maximum atomic E-state index is 5.17. The largest absolute Gasteiger partial charge is 0.350 e. The van der Waals surface area contributed by atoms with Gasteiger partial charge in [-0.1, -0.05) is 115 Å². The van der Waals surface area contributed by atoms with Gasteiger partial charge in [0.2, 0.25) is 0 Å². The highest BCUT2D eigenvalue weighted by molar-refractivity contribution is 6.00. The fraction of sp³-hybridized carbons (Fsp3) is 0.171. The number of benzene rings is 4. The highest BCUT2D eigenvalue weighted by Gasteiger charge is 2.38. The number of nitrogens with one attached hydrogen (secondary N) is 3. The molecular formula is C35H32N4. The average Bonchev–Trinajstić information content (AvgIpc) is 3.84. The van der Waals surface area contributed by atoms with Gasteiger partial charge >= 0.3 is 0 Å². The molecule has 192 valence electrons. The Morgan fingerprint density at radius 1 is 0.615 bits per heavy atom. The van der Waals surface area contributed by atoms with Crippen molar-refractivity contribution in [2.45, 2.75) is 37.3 Å². The molecule has 4 atom stereocenters. The van der Waals surface area contributed by atoms with Crippen LogP contribution in [0.5, 0.6) is 0 Å². The molecule has 1 fully saturated rings. The number of aliphatic imine (C=N–C) groups is 1. The van der Waals surface area contributed by atoms with Gasteiger partial charge in [-0.2, -0.15) is 0 Å². The van der Waals surface area contributed by atoms with E-state index in [1.807, 2.05) is 0 Å². The Kier molecular flexibility index (Phi) is 6.41. The van der Waals surface area contributed by atoms with E-state index < -0.39 is 0 Å². The van der Waals surface area contributed by atoms with E-state index in [2.05, 4.69) is 143 Å². The first-order valence-electron chi connectivity index (χ1n) is 13.8. The quantitative estimate of drug-likeness (QED) is 0.246. The van der Waals surface area contributed by atoms with E-state index in [1.54, 1.807) is 0 Å². The molecule has 1 aliphatic carbocycles. The zero-order chi connectivity index (χ0) is 26.0. The molecule has 3 aliphatic rings. The molecular weight excluding hydrogens is 476 g/mol. The second kappa shape index (κ2) is 10.5. The number of rotatable bonds is 6. The maximum Gasteiger partial charge on any atom is 0.131 e. The number of nitrogens with zero attached hydrogens (tertiary/aromatic N) is 1. The van der Waals surface area contributed by atoms with Crippen molar-refractivity contribution in [3.63, 3.8) is 0 Å². The van der Waals surface area contributed by atoms with Crippen molar-refractivity contribution in [1.29, 1.82) is 0 Å². The summed E-state index contributed by atoms with van der Waals surface area (Å²) in [6.45, 7) is 0. The van der Waals surface area contributed by atoms with Crippen LogP contribution in [-0.2, 0) is 0 Å². The van der Waals surface area contributed by atoms with Gasteiger partial charge in [0.25, 0.3) is 0 Å². The van der Waals surface area contributed by atoms with E-state index in [-0.39, 0.29) is 12.3 Å². The first-order chi connectivity index (χ1) is 19.3. The Bertz CT molecular complexity index is 1550. The predicted octanol–water partition coefficient (Wildman–Crippen LogP) is 6.98. The molecule has 39 heavy (non-hydrogen) atoms. The van der Waals surface area contributed by atoms with Crippen molar-refractivity contribution in [3.05, 3.63) is 155 Å². The normalized spacial score (nSPS) is 23.9. The number of hydrogen-bond acceptors (Lipinski definition) is 4. The first kappa shape index (κ1) is 23.8. The maximum absolute atomic E-state index is 5.17. The molecule has 0 amide bonds. The fourth-order valence-electron chi connectivity index (χ4n) is 5.70. The van der Waals surface area contributed by atoms with Gasteiger partial charge in [0.05, 0.1) is 12.1 Å². The summed E-state index contributed by atoms with van der Waals surface area (Å²) in [5, 5.41) is 11.1. The second-order valence-electron chi connectivity index (χ2n) is 10.5. The minimum absolute atomic E-state index is 0.0154. The molecule has 2 aliphatic heterocycles. The molecule has 4 aromatic carbocycles. The van der Waals surface area contributed by atoms with Crippen molar-refractivity contribution in [2.75, 3.05) is 0 Å². The van der Waals surface area contributed by atoms with Gasteiger partial charge in [-0.25, -0.2) is 4.99 Å². The molecule has 4 heteroatoms. The second-order valence-corrected chi connectivity index (χ2v) is 10.5. The third kappa shape index (κ3) is 5.09. The van der Waals surface area contributed by atoms with Gasteiger partial charge in [-0.05, 0) is 58.4 Å². The van der Waals surface area contributed by atoms with Crippen LogP contribution < -0.4 is 16.0 Å². The lowest BCUT2D eigenvalue weighted by Gasteiger charge is -2.33. The molecule has 7 rings (SSSR count). The summed E-state index contributed by atoms with van der Waals surface area (Å²) in [6.07, 6.45) is 8.61. The molecule has 1 saturated heterocycles. The zero-order valence-electron chi connectivity index (χ0n) is 21.8. The van der Waals surface area contributed by atoms with Crippen LogP contribution in [0, 0.1) is 0 Å². The molecule has 0 aromatic heterocycles. The lowest BCUT2D eigenvalue weighted by Crippen LogP contribution is -2.49. The van der Waals surface area contributed by atoms with Gasteiger partial charge in [0.15, 0.2) is 0 Å². The van der Waals surface area contributed by atoms with Crippen molar-refractivity contribution in [3.8, 4) is 11.1 Å². The van der Waals surface area contributed by atoms with Crippen LogP contribution in [0.2, 0.25) is 0 Å². The summed E-state index contributed by atoms with van der Waals surface area (Å²) < 4.78 is 0. The van der Waals surface area contributed by atoms with Crippen molar-refractivity contribution in [1.82, 2.24) is 16.0 Å². The van der Waals surface area contributed by atoms with Crippen LogP contribution in [0.1, 0.15) is 53.3 Å². The van der Waals surface area contributed by atoms with Gasteiger partial charge < -0.3 is 5.32 Å².